The summed E-state index contributed by atoms with van der Waals surface area (Å²) in [5.41, 5.74) is 1.40. The average molecular weight is 497 g/mol. The van der Waals surface area contributed by atoms with E-state index in [4.69, 9.17) is 4.74 Å². The molecular weight excluding hydrogens is 455 g/mol. The van der Waals surface area contributed by atoms with E-state index in [-0.39, 0.29) is 29.1 Å². The predicted molar refractivity (Wildman–Crippen MR) is 135 cm³/mol. The number of unbranched alkanes of at least 4 members (excludes halogenated alkanes) is 4. The van der Waals surface area contributed by atoms with E-state index in [1.54, 1.807) is 23.9 Å². The standard InChI is InChI=1S/C27H41FO5S/c1-3-4-6-10-22(29)18-34-26-23(24(30)17-25(26)31)11-8-5-7-9-20(27(32)33-2)16-19-12-14-21(28)15-13-19/h9,12-15,22-26,29-31H,3-8,10-11,16-18H2,1-2H3/t22?,23-,24?,25?,26+/m0/s1. The lowest BCUT2D eigenvalue weighted by Crippen LogP contribution is -2.27. The van der Waals surface area contributed by atoms with E-state index in [9.17, 15) is 24.5 Å². The summed E-state index contributed by atoms with van der Waals surface area (Å²) in [5.74, 6) is -0.101. The maximum atomic E-state index is 13.1. The van der Waals surface area contributed by atoms with Crippen LogP contribution in [0.1, 0.15) is 70.3 Å². The highest BCUT2D eigenvalue weighted by atomic mass is 32.2. The highest BCUT2D eigenvalue weighted by molar-refractivity contribution is 8.00. The van der Waals surface area contributed by atoms with Crippen molar-refractivity contribution < 1.29 is 29.2 Å². The van der Waals surface area contributed by atoms with Crippen LogP contribution >= 0.6 is 11.8 Å². The summed E-state index contributed by atoms with van der Waals surface area (Å²) in [4.78, 5) is 12.1. The van der Waals surface area contributed by atoms with Gasteiger partial charge in [0, 0.05) is 29.4 Å². The van der Waals surface area contributed by atoms with Crippen molar-refractivity contribution in [3.8, 4) is 0 Å². The van der Waals surface area contributed by atoms with Gasteiger partial charge in [0.15, 0.2) is 0 Å². The molecule has 34 heavy (non-hydrogen) atoms. The van der Waals surface area contributed by atoms with Gasteiger partial charge >= 0.3 is 5.97 Å². The van der Waals surface area contributed by atoms with Gasteiger partial charge in [-0.25, -0.2) is 9.18 Å². The molecular formula is C27H41FO5S. The van der Waals surface area contributed by atoms with Crippen LogP contribution in [0.4, 0.5) is 4.39 Å². The number of hydrogen-bond acceptors (Lipinski definition) is 6. The summed E-state index contributed by atoms with van der Waals surface area (Å²) in [6.45, 7) is 2.14. The molecule has 0 aromatic heterocycles. The number of ether oxygens (including phenoxy) is 1. The van der Waals surface area contributed by atoms with Gasteiger partial charge in [-0.05, 0) is 49.3 Å². The molecule has 0 bridgehead atoms. The summed E-state index contributed by atoms with van der Waals surface area (Å²) < 4.78 is 18.0. The number of esters is 1. The molecule has 0 radical (unpaired) electrons. The smallest absolute Gasteiger partial charge is 0.333 e. The minimum Gasteiger partial charge on any atom is -0.466 e. The second kappa shape index (κ2) is 15.6. The van der Waals surface area contributed by atoms with Crippen LogP contribution in [-0.4, -0.2) is 57.7 Å². The second-order valence-corrected chi connectivity index (χ2v) is 10.5. The fourth-order valence-corrected chi connectivity index (χ4v) is 6.08. The van der Waals surface area contributed by atoms with E-state index < -0.39 is 12.2 Å². The number of halogens is 1. The first-order valence-corrected chi connectivity index (χ1v) is 13.6. The molecule has 1 aromatic rings. The van der Waals surface area contributed by atoms with Crippen LogP contribution in [0.5, 0.6) is 0 Å². The van der Waals surface area contributed by atoms with Crippen LogP contribution in [-0.2, 0) is 16.0 Å². The Morgan fingerprint density at radius 1 is 1.18 bits per heavy atom. The summed E-state index contributed by atoms with van der Waals surface area (Å²) in [7, 11) is 1.35. The fraction of sp³-hybridized carbons (Fsp3) is 0.667. The number of allylic oxidation sites excluding steroid dienone is 1. The zero-order chi connectivity index (χ0) is 24.9. The first kappa shape index (κ1) is 28.8. The number of hydrogen-bond donors (Lipinski definition) is 3. The van der Waals surface area contributed by atoms with Gasteiger partial charge in [0.05, 0.1) is 25.4 Å². The Labute approximate surface area is 207 Å². The van der Waals surface area contributed by atoms with E-state index >= 15 is 0 Å². The largest absolute Gasteiger partial charge is 0.466 e. The van der Waals surface area contributed by atoms with E-state index in [0.717, 1.165) is 50.5 Å². The molecule has 1 fully saturated rings. The number of aliphatic hydroxyl groups is 3. The van der Waals surface area contributed by atoms with Crippen LogP contribution in [0.3, 0.4) is 0 Å². The van der Waals surface area contributed by atoms with E-state index in [1.165, 1.54) is 19.2 Å². The number of carbonyl (C=O) groups excluding carboxylic acids is 1. The molecule has 0 heterocycles. The maximum absolute atomic E-state index is 13.1. The highest BCUT2D eigenvalue weighted by Crippen LogP contribution is 2.39. The van der Waals surface area contributed by atoms with Crippen molar-refractivity contribution in [3.63, 3.8) is 0 Å². The van der Waals surface area contributed by atoms with Crippen molar-refractivity contribution in [1.29, 1.82) is 0 Å². The van der Waals surface area contributed by atoms with Gasteiger partial charge in [0.1, 0.15) is 5.82 Å². The molecule has 2 rings (SSSR count). The van der Waals surface area contributed by atoms with Gasteiger partial charge in [-0.3, -0.25) is 0 Å². The average Bonchev–Trinajstić information content (AvgIpc) is 3.09. The highest BCUT2D eigenvalue weighted by Gasteiger charge is 2.41. The number of benzene rings is 1. The number of thioether (sulfide) groups is 1. The summed E-state index contributed by atoms with van der Waals surface area (Å²) in [5, 5.41) is 31.1. The Hall–Kier alpha value is -1.41. The van der Waals surface area contributed by atoms with Crippen LogP contribution in [0, 0.1) is 11.7 Å². The quantitative estimate of drug-likeness (QED) is 0.183. The van der Waals surface area contributed by atoms with Crippen molar-refractivity contribution in [2.45, 2.75) is 94.7 Å². The predicted octanol–water partition coefficient (Wildman–Crippen LogP) is 4.81. The van der Waals surface area contributed by atoms with Crippen molar-refractivity contribution in [2.24, 2.45) is 5.92 Å². The number of rotatable bonds is 15. The molecule has 5 nitrogen and oxygen atoms in total. The Balaban J connectivity index is 1.82. The lowest BCUT2D eigenvalue weighted by molar-refractivity contribution is -0.136. The van der Waals surface area contributed by atoms with E-state index in [2.05, 4.69) is 6.92 Å². The third-order valence-electron chi connectivity index (χ3n) is 6.54. The number of carbonyl (C=O) groups is 1. The molecule has 3 N–H and O–H groups in total. The van der Waals surface area contributed by atoms with Crippen molar-refractivity contribution in [1.82, 2.24) is 0 Å². The van der Waals surface area contributed by atoms with Crippen LogP contribution < -0.4 is 0 Å². The molecule has 0 spiro atoms. The lowest BCUT2D eigenvalue weighted by atomic mass is 9.96. The van der Waals surface area contributed by atoms with Gasteiger partial charge in [-0.1, -0.05) is 50.8 Å². The Morgan fingerprint density at radius 3 is 2.59 bits per heavy atom. The summed E-state index contributed by atoms with van der Waals surface area (Å²) in [6.07, 6.45) is 8.46. The minimum absolute atomic E-state index is 0.00566. The van der Waals surface area contributed by atoms with Gasteiger partial charge in [0.25, 0.3) is 0 Å². The topological polar surface area (TPSA) is 87.0 Å². The fourth-order valence-electron chi connectivity index (χ4n) is 4.57. The van der Waals surface area contributed by atoms with Gasteiger partial charge in [-0.15, -0.1) is 0 Å². The first-order valence-electron chi connectivity index (χ1n) is 12.5. The van der Waals surface area contributed by atoms with E-state index in [1.807, 2.05) is 6.08 Å². The molecule has 1 aliphatic rings. The Bertz CT molecular complexity index is 754. The van der Waals surface area contributed by atoms with Crippen LogP contribution in [0.2, 0.25) is 0 Å². The number of aliphatic hydroxyl groups excluding tert-OH is 3. The van der Waals surface area contributed by atoms with E-state index in [0.29, 0.717) is 30.6 Å². The molecule has 1 aromatic carbocycles. The SMILES string of the molecule is CCCCCC(O)CS[C@H]1C(O)CC(O)[C@@H]1CCCCC=C(Cc1ccc(F)cc1)C(=O)OC. The monoisotopic (exact) mass is 496 g/mol. The summed E-state index contributed by atoms with van der Waals surface area (Å²) >= 11 is 1.59. The molecule has 5 atom stereocenters. The third-order valence-corrected chi connectivity index (χ3v) is 8.16. The van der Waals surface area contributed by atoms with Gasteiger partial charge in [-0.2, -0.15) is 11.8 Å². The zero-order valence-corrected chi connectivity index (χ0v) is 21.3. The first-order chi connectivity index (χ1) is 16.3. The molecule has 1 saturated carbocycles. The zero-order valence-electron chi connectivity index (χ0n) is 20.5. The Kier molecular flexibility index (Phi) is 13.2. The molecule has 3 unspecified atom stereocenters. The van der Waals surface area contributed by atoms with Crippen LogP contribution in [0.15, 0.2) is 35.9 Å². The van der Waals surface area contributed by atoms with Gasteiger partial charge < -0.3 is 20.1 Å². The molecule has 1 aliphatic carbocycles. The van der Waals surface area contributed by atoms with Crippen LogP contribution in [0.25, 0.3) is 0 Å². The molecule has 0 saturated heterocycles. The Morgan fingerprint density at radius 2 is 1.91 bits per heavy atom. The van der Waals surface area contributed by atoms with Crippen molar-refractivity contribution >= 4 is 17.7 Å². The minimum atomic E-state index is -0.547. The van der Waals surface area contributed by atoms with Gasteiger partial charge in [0.2, 0.25) is 0 Å². The summed E-state index contributed by atoms with van der Waals surface area (Å²) in [6, 6.07) is 6.09. The molecule has 7 heteroatoms. The molecule has 0 amide bonds. The second-order valence-electron chi connectivity index (χ2n) is 9.29. The maximum Gasteiger partial charge on any atom is 0.333 e. The molecule has 192 valence electrons. The normalized spacial score (nSPS) is 23.8. The van der Waals surface area contributed by atoms with Crippen molar-refractivity contribution in [2.75, 3.05) is 12.9 Å². The third kappa shape index (κ3) is 9.68. The van der Waals surface area contributed by atoms with Crippen molar-refractivity contribution in [3.05, 3.63) is 47.3 Å². The molecule has 0 aliphatic heterocycles. The lowest BCUT2D eigenvalue weighted by Gasteiger charge is -2.24. The number of methoxy groups -OCH3 is 1.